The Labute approximate surface area is 139 Å². The number of thiophene rings is 1. The monoisotopic (exact) mass is 340 g/mol. The molecular weight excluding hydrogens is 320 g/mol. The molecule has 0 saturated carbocycles. The van der Waals surface area contributed by atoms with Gasteiger partial charge in [-0.1, -0.05) is 0 Å². The zero-order valence-electron chi connectivity index (χ0n) is 13.3. The summed E-state index contributed by atoms with van der Waals surface area (Å²) in [5, 5.41) is 10.2. The van der Waals surface area contributed by atoms with Crippen molar-refractivity contribution in [1.29, 1.82) is 0 Å². The van der Waals surface area contributed by atoms with E-state index in [9.17, 15) is 18.3 Å². The quantitative estimate of drug-likeness (QED) is 0.727. The van der Waals surface area contributed by atoms with Gasteiger partial charge in [-0.15, -0.1) is 0 Å². The standard InChI is InChI=1S/C17H20BF3OS/c1-3-4-11(7-8-22)16-14(10-18-2)13-6-5-12(17(19,20)21)9-15(13)23-16/h5-6,9-11,22H,3-4,7-8H2,1-2H3. The van der Waals surface area contributed by atoms with Crippen LogP contribution < -0.4 is 0 Å². The second-order valence-electron chi connectivity index (χ2n) is 5.59. The van der Waals surface area contributed by atoms with E-state index >= 15 is 0 Å². The van der Waals surface area contributed by atoms with Gasteiger partial charge in [-0.2, -0.15) is 0 Å². The zero-order chi connectivity index (χ0) is 17.0. The molecule has 1 N–H and O–H groups in total. The Morgan fingerprint density at radius 3 is 2.61 bits per heavy atom. The molecule has 23 heavy (non-hydrogen) atoms. The van der Waals surface area contributed by atoms with E-state index in [1.165, 1.54) is 17.4 Å². The maximum absolute atomic E-state index is 12.9. The van der Waals surface area contributed by atoms with E-state index in [4.69, 9.17) is 0 Å². The number of halogens is 3. The number of rotatable bonds is 6. The topological polar surface area (TPSA) is 20.2 Å². The van der Waals surface area contributed by atoms with Crippen molar-refractivity contribution < 1.29 is 18.3 Å². The molecule has 2 aromatic rings. The molecule has 0 aliphatic rings. The number of fused-ring (bicyclic) bond motifs is 1. The molecule has 1 heterocycles. The summed E-state index contributed by atoms with van der Waals surface area (Å²) in [6, 6.07) is 3.95. The maximum atomic E-state index is 12.9. The Hall–Kier alpha value is -1.14. The Kier molecular flexibility index (Phi) is 6.03. The molecule has 0 fully saturated rings. The van der Waals surface area contributed by atoms with E-state index in [-0.39, 0.29) is 12.5 Å². The first-order valence-corrected chi connectivity index (χ1v) is 8.61. The molecule has 124 valence electrons. The second kappa shape index (κ2) is 7.62. The molecule has 0 aliphatic heterocycles. The molecule has 1 atom stereocenters. The summed E-state index contributed by atoms with van der Waals surface area (Å²) < 4.78 is 39.4. The van der Waals surface area contributed by atoms with Gasteiger partial charge in [-0.25, -0.2) is 0 Å². The molecule has 0 amide bonds. The summed E-state index contributed by atoms with van der Waals surface area (Å²) in [7, 11) is 0. The Morgan fingerprint density at radius 2 is 2.04 bits per heavy atom. The fraction of sp³-hybridized carbons (Fsp3) is 0.471. The summed E-state index contributed by atoms with van der Waals surface area (Å²) in [6.07, 6.45) is -1.80. The molecule has 6 heteroatoms. The molecule has 1 aromatic heterocycles. The van der Waals surface area contributed by atoms with Crippen LogP contribution in [0.4, 0.5) is 13.2 Å². The van der Waals surface area contributed by atoms with E-state index in [1.54, 1.807) is 6.07 Å². The third kappa shape index (κ3) is 4.04. The Bertz CT molecular complexity index is 685. The number of aliphatic hydroxyl groups excluding tert-OH is 1. The van der Waals surface area contributed by atoms with Crippen LogP contribution in [0.2, 0.25) is 6.82 Å². The van der Waals surface area contributed by atoms with Crippen molar-refractivity contribution in [3.8, 4) is 0 Å². The van der Waals surface area contributed by atoms with Crippen molar-refractivity contribution in [1.82, 2.24) is 0 Å². The first-order chi connectivity index (χ1) is 10.9. The summed E-state index contributed by atoms with van der Waals surface area (Å²) in [5.41, 5.74) is 0.382. The van der Waals surface area contributed by atoms with Gasteiger partial charge in [0.15, 0.2) is 0 Å². The van der Waals surface area contributed by atoms with Crippen molar-refractivity contribution in [2.24, 2.45) is 0 Å². The van der Waals surface area contributed by atoms with Crippen molar-refractivity contribution in [2.45, 2.75) is 45.1 Å². The number of hydrogen-bond donors (Lipinski definition) is 1. The van der Waals surface area contributed by atoms with E-state index < -0.39 is 11.7 Å². The van der Waals surface area contributed by atoms with Crippen LogP contribution in [0.25, 0.3) is 10.1 Å². The summed E-state index contributed by atoms with van der Waals surface area (Å²) in [4.78, 5) is 1.08. The van der Waals surface area contributed by atoms with Gasteiger partial charge >= 0.3 is 139 Å². The average molecular weight is 340 g/mol. The molecule has 0 radical (unpaired) electrons. The normalized spacial score (nSPS) is 13.7. The van der Waals surface area contributed by atoms with Gasteiger partial charge in [-0.3, -0.25) is 0 Å². The molecule has 0 spiro atoms. The molecule has 2 rings (SSSR count). The van der Waals surface area contributed by atoms with Crippen LogP contribution in [0.3, 0.4) is 0 Å². The van der Waals surface area contributed by atoms with Crippen LogP contribution in [0.5, 0.6) is 0 Å². The first kappa shape index (κ1) is 18.2. The van der Waals surface area contributed by atoms with Crippen molar-refractivity contribution in [2.75, 3.05) is 6.61 Å². The van der Waals surface area contributed by atoms with Crippen LogP contribution in [-0.4, -0.2) is 24.6 Å². The van der Waals surface area contributed by atoms with E-state index in [0.717, 1.165) is 34.7 Å². The predicted octanol–water partition coefficient (Wildman–Crippen LogP) is 5.09. The predicted molar refractivity (Wildman–Crippen MR) is 93.0 cm³/mol. The van der Waals surface area contributed by atoms with Crippen LogP contribution in [0.1, 0.15) is 48.1 Å². The average Bonchev–Trinajstić information content (AvgIpc) is 2.84. The van der Waals surface area contributed by atoms with Gasteiger partial charge in [0.2, 0.25) is 0 Å². The number of benzene rings is 1. The van der Waals surface area contributed by atoms with Crippen LogP contribution in [0, 0.1) is 0 Å². The SMILES string of the molecule is CB=Cc1c(C(CCC)CCO)sc2cc(C(F)(F)F)ccc12. The summed E-state index contributed by atoms with van der Waals surface area (Å²) in [5.74, 6) is 2.14. The molecule has 0 bridgehead atoms. The first-order valence-electron chi connectivity index (χ1n) is 7.79. The van der Waals surface area contributed by atoms with Crippen molar-refractivity contribution in [3.63, 3.8) is 0 Å². The molecular formula is C17H20BF3OS. The molecule has 1 nitrogen and oxygen atoms in total. The van der Waals surface area contributed by atoms with E-state index in [2.05, 4.69) is 6.92 Å². The number of aliphatic hydroxyl groups is 1. The van der Waals surface area contributed by atoms with Gasteiger partial charge < -0.3 is 0 Å². The van der Waals surface area contributed by atoms with Crippen molar-refractivity contribution >= 4 is 34.3 Å². The summed E-state index contributed by atoms with van der Waals surface area (Å²) >= 11 is 1.42. The van der Waals surface area contributed by atoms with Crippen LogP contribution in [-0.2, 0) is 6.18 Å². The van der Waals surface area contributed by atoms with Gasteiger partial charge in [-0.05, 0) is 0 Å². The van der Waals surface area contributed by atoms with E-state index in [1.807, 2.05) is 19.7 Å². The molecule has 0 aliphatic carbocycles. The molecule has 1 aromatic carbocycles. The van der Waals surface area contributed by atoms with Crippen LogP contribution in [0.15, 0.2) is 18.2 Å². The van der Waals surface area contributed by atoms with Gasteiger partial charge in [0.05, 0.1) is 0 Å². The molecule has 1 unspecified atom stereocenters. The van der Waals surface area contributed by atoms with Crippen LogP contribution >= 0.6 is 11.3 Å². The minimum atomic E-state index is -4.33. The third-order valence-corrected chi connectivity index (χ3v) is 5.23. The summed E-state index contributed by atoms with van der Waals surface area (Å²) in [6.45, 7) is 5.97. The zero-order valence-corrected chi connectivity index (χ0v) is 14.1. The number of hydrogen-bond acceptors (Lipinski definition) is 2. The minimum absolute atomic E-state index is 0.0853. The van der Waals surface area contributed by atoms with Gasteiger partial charge in [0, 0.05) is 0 Å². The fourth-order valence-electron chi connectivity index (χ4n) is 2.86. The van der Waals surface area contributed by atoms with E-state index in [0.29, 0.717) is 11.1 Å². The van der Waals surface area contributed by atoms with Crippen molar-refractivity contribution in [3.05, 3.63) is 34.2 Å². The second-order valence-corrected chi connectivity index (χ2v) is 6.67. The number of alkyl halides is 3. The molecule has 0 saturated heterocycles. The Morgan fingerprint density at radius 1 is 1.30 bits per heavy atom. The third-order valence-electron chi connectivity index (χ3n) is 3.90. The Balaban J connectivity index is 2.61. The van der Waals surface area contributed by atoms with Gasteiger partial charge in [0.1, 0.15) is 0 Å². The van der Waals surface area contributed by atoms with Gasteiger partial charge in [0.25, 0.3) is 0 Å². The fourth-order valence-corrected chi connectivity index (χ4v) is 4.27.